The van der Waals surface area contributed by atoms with Crippen LogP contribution in [0, 0.1) is 11.3 Å². The molecule has 1 aliphatic rings. The average Bonchev–Trinajstić information content (AvgIpc) is 2.38. The van der Waals surface area contributed by atoms with E-state index in [9.17, 15) is 5.26 Å². The standard InChI is InChI=1S/C14H27N3/c1-12(10-14(2,11-15)16-3)17(4)13-8-6-5-7-9-13/h12-13,16H,5-10H2,1-4H3. The third-order valence-electron chi connectivity index (χ3n) is 4.35. The number of nitriles is 1. The Labute approximate surface area is 106 Å². The molecule has 1 N–H and O–H groups in total. The van der Waals surface area contributed by atoms with E-state index in [1.165, 1.54) is 32.1 Å². The second kappa shape index (κ2) is 6.37. The first-order chi connectivity index (χ1) is 8.02. The molecule has 1 aliphatic carbocycles. The van der Waals surface area contributed by atoms with Crippen molar-refractivity contribution in [1.29, 1.82) is 5.26 Å². The minimum Gasteiger partial charge on any atom is -0.303 e. The summed E-state index contributed by atoms with van der Waals surface area (Å²) in [6.07, 6.45) is 7.65. The van der Waals surface area contributed by atoms with Gasteiger partial charge in [-0.25, -0.2) is 0 Å². The Morgan fingerprint density at radius 3 is 2.47 bits per heavy atom. The topological polar surface area (TPSA) is 39.1 Å². The van der Waals surface area contributed by atoms with Gasteiger partial charge in [0.2, 0.25) is 0 Å². The molecule has 1 rings (SSSR count). The van der Waals surface area contributed by atoms with Crippen molar-refractivity contribution in [3.05, 3.63) is 0 Å². The lowest BCUT2D eigenvalue weighted by Crippen LogP contribution is -2.47. The molecule has 3 heteroatoms. The lowest BCUT2D eigenvalue weighted by atomic mass is 9.90. The van der Waals surface area contributed by atoms with Crippen LogP contribution in [0.25, 0.3) is 0 Å². The van der Waals surface area contributed by atoms with Crippen LogP contribution in [0.15, 0.2) is 0 Å². The summed E-state index contributed by atoms with van der Waals surface area (Å²) in [6, 6.07) is 3.55. The maximum absolute atomic E-state index is 9.20. The molecule has 0 radical (unpaired) electrons. The van der Waals surface area contributed by atoms with Crippen LogP contribution < -0.4 is 5.32 Å². The van der Waals surface area contributed by atoms with Gasteiger partial charge in [0.15, 0.2) is 0 Å². The van der Waals surface area contributed by atoms with Gasteiger partial charge in [0.1, 0.15) is 5.54 Å². The molecule has 1 fully saturated rings. The van der Waals surface area contributed by atoms with Gasteiger partial charge in [0.05, 0.1) is 6.07 Å². The lowest BCUT2D eigenvalue weighted by Gasteiger charge is -2.38. The number of hydrogen-bond donors (Lipinski definition) is 1. The Balaban J connectivity index is 2.51. The normalized spacial score (nSPS) is 23.1. The zero-order valence-corrected chi connectivity index (χ0v) is 11.8. The van der Waals surface area contributed by atoms with Gasteiger partial charge in [-0.05, 0) is 47.2 Å². The Bertz CT molecular complexity index is 265. The van der Waals surface area contributed by atoms with Gasteiger partial charge in [-0.15, -0.1) is 0 Å². The molecular formula is C14H27N3. The Hall–Kier alpha value is -0.590. The fourth-order valence-electron chi connectivity index (χ4n) is 2.79. The van der Waals surface area contributed by atoms with E-state index in [1.54, 1.807) is 0 Å². The molecule has 0 aromatic rings. The molecule has 0 spiro atoms. The molecule has 3 nitrogen and oxygen atoms in total. The fraction of sp³-hybridized carbons (Fsp3) is 0.929. The Kier molecular flexibility index (Phi) is 5.42. The summed E-state index contributed by atoms with van der Waals surface area (Å²) in [6.45, 7) is 4.22. The van der Waals surface area contributed by atoms with Crippen molar-refractivity contribution >= 4 is 0 Å². The SMILES string of the molecule is CNC(C)(C#N)CC(C)N(C)C1CCCCC1. The maximum Gasteiger partial charge on any atom is 0.105 e. The fourth-order valence-corrected chi connectivity index (χ4v) is 2.79. The van der Waals surface area contributed by atoms with Gasteiger partial charge in [0, 0.05) is 12.1 Å². The van der Waals surface area contributed by atoms with Gasteiger partial charge in [0.25, 0.3) is 0 Å². The predicted molar refractivity (Wildman–Crippen MR) is 71.8 cm³/mol. The smallest absolute Gasteiger partial charge is 0.105 e. The Morgan fingerprint density at radius 2 is 2.00 bits per heavy atom. The van der Waals surface area contributed by atoms with E-state index in [1.807, 2.05) is 14.0 Å². The quantitative estimate of drug-likeness (QED) is 0.798. The molecule has 2 atom stereocenters. The molecule has 0 aliphatic heterocycles. The molecule has 0 bridgehead atoms. The van der Waals surface area contributed by atoms with Gasteiger partial charge in [-0.3, -0.25) is 0 Å². The lowest BCUT2D eigenvalue weighted by molar-refractivity contribution is 0.128. The van der Waals surface area contributed by atoms with Gasteiger partial charge < -0.3 is 10.2 Å². The highest BCUT2D eigenvalue weighted by Crippen LogP contribution is 2.25. The van der Waals surface area contributed by atoms with Crippen LogP contribution in [0.4, 0.5) is 0 Å². The highest BCUT2D eigenvalue weighted by molar-refractivity contribution is 5.04. The number of nitrogens with one attached hydrogen (secondary N) is 1. The first kappa shape index (κ1) is 14.5. The molecule has 0 aromatic carbocycles. The van der Waals surface area contributed by atoms with Crippen LogP contribution in [0.2, 0.25) is 0 Å². The summed E-state index contributed by atoms with van der Waals surface area (Å²) < 4.78 is 0. The van der Waals surface area contributed by atoms with E-state index in [4.69, 9.17) is 0 Å². The minimum absolute atomic E-state index is 0.400. The summed E-state index contributed by atoms with van der Waals surface area (Å²) >= 11 is 0. The molecule has 2 unspecified atom stereocenters. The maximum atomic E-state index is 9.20. The third-order valence-corrected chi connectivity index (χ3v) is 4.35. The highest BCUT2D eigenvalue weighted by Gasteiger charge is 2.29. The zero-order valence-electron chi connectivity index (χ0n) is 11.8. The average molecular weight is 237 g/mol. The molecule has 0 saturated heterocycles. The van der Waals surface area contributed by atoms with Gasteiger partial charge in [-0.1, -0.05) is 19.3 Å². The van der Waals surface area contributed by atoms with Crippen molar-refractivity contribution in [2.45, 2.75) is 70.0 Å². The largest absolute Gasteiger partial charge is 0.303 e. The van der Waals surface area contributed by atoms with Crippen LogP contribution in [0.1, 0.15) is 52.4 Å². The minimum atomic E-state index is -0.400. The zero-order chi connectivity index (χ0) is 12.9. The number of nitrogens with zero attached hydrogens (tertiary/aromatic N) is 2. The molecule has 0 aromatic heterocycles. The van der Waals surface area contributed by atoms with Gasteiger partial charge in [-0.2, -0.15) is 5.26 Å². The molecule has 17 heavy (non-hydrogen) atoms. The summed E-state index contributed by atoms with van der Waals surface area (Å²) in [4.78, 5) is 2.48. The predicted octanol–water partition coefficient (Wildman–Crippen LogP) is 2.53. The van der Waals surface area contributed by atoms with E-state index in [2.05, 4.69) is 30.3 Å². The molecule has 0 amide bonds. The van der Waals surface area contributed by atoms with Gasteiger partial charge >= 0.3 is 0 Å². The van der Waals surface area contributed by atoms with Crippen molar-refractivity contribution in [3.63, 3.8) is 0 Å². The van der Waals surface area contributed by atoms with Crippen LogP contribution >= 0.6 is 0 Å². The summed E-state index contributed by atoms with van der Waals surface area (Å²) in [5.41, 5.74) is -0.400. The molecular weight excluding hydrogens is 210 g/mol. The molecule has 98 valence electrons. The van der Waals surface area contributed by atoms with Crippen LogP contribution in [-0.2, 0) is 0 Å². The van der Waals surface area contributed by atoms with Crippen LogP contribution in [-0.4, -0.2) is 36.6 Å². The van der Waals surface area contributed by atoms with Crippen molar-refractivity contribution in [3.8, 4) is 6.07 Å². The van der Waals surface area contributed by atoms with E-state index in [0.717, 1.165) is 12.5 Å². The van der Waals surface area contributed by atoms with E-state index in [-0.39, 0.29) is 0 Å². The van der Waals surface area contributed by atoms with Crippen LogP contribution in [0.5, 0.6) is 0 Å². The van der Waals surface area contributed by atoms with E-state index < -0.39 is 5.54 Å². The highest BCUT2D eigenvalue weighted by atomic mass is 15.2. The van der Waals surface area contributed by atoms with Crippen molar-refractivity contribution < 1.29 is 0 Å². The van der Waals surface area contributed by atoms with Crippen LogP contribution in [0.3, 0.4) is 0 Å². The first-order valence-electron chi connectivity index (χ1n) is 6.84. The first-order valence-corrected chi connectivity index (χ1v) is 6.84. The summed E-state index contributed by atoms with van der Waals surface area (Å²) in [5, 5.41) is 12.3. The summed E-state index contributed by atoms with van der Waals surface area (Å²) in [7, 11) is 4.09. The van der Waals surface area contributed by atoms with Crippen molar-refractivity contribution in [2.24, 2.45) is 0 Å². The Morgan fingerprint density at radius 1 is 1.41 bits per heavy atom. The van der Waals surface area contributed by atoms with Crippen molar-refractivity contribution in [2.75, 3.05) is 14.1 Å². The van der Waals surface area contributed by atoms with Crippen molar-refractivity contribution in [1.82, 2.24) is 10.2 Å². The van der Waals surface area contributed by atoms with E-state index in [0.29, 0.717) is 6.04 Å². The number of rotatable bonds is 5. The monoisotopic (exact) mass is 237 g/mol. The second-order valence-electron chi connectivity index (χ2n) is 5.70. The third kappa shape index (κ3) is 3.97. The number of hydrogen-bond acceptors (Lipinski definition) is 3. The van der Waals surface area contributed by atoms with E-state index >= 15 is 0 Å². The molecule has 1 saturated carbocycles. The molecule has 0 heterocycles. The summed E-state index contributed by atoms with van der Waals surface area (Å²) in [5.74, 6) is 0. The second-order valence-corrected chi connectivity index (χ2v) is 5.70.